The van der Waals surface area contributed by atoms with E-state index in [2.05, 4.69) is 6.92 Å². The molecular formula is C30H36N2O6. The van der Waals surface area contributed by atoms with Crippen molar-refractivity contribution in [2.45, 2.75) is 51.2 Å². The predicted molar refractivity (Wildman–Crippen MR) is 140 cm³/mol. The second-order valence-electron chi connectivity index (χ2n) is 12.3. The molecule has 2 N–H and O–H groups in total. The highest BCUT2D eigenvalue weighted by molar-refractivity contribution is 6.01. The molecule has 1 aromatic carbocycles. The normalized spacial score (nSPS) is 41.1. The molecule has 0 aromatic heterocycles. The fraction of sp³-hybridized carbons (Fsp3) is 0.567. The van der Waals surface area contributed by atoms with Crippen LogP contribution in [0.4, 0.5) is 10.5 Å². The summed E-state index contributed by atoms with van der Waals surface area (Å²) >= 11 is 0. The van der Waals surface area contributed by atoms with Gasteiger partial charge in [0.05, 0.1) is 12.6 Å². The molecule has 1 aliphatic heterocycles. The summed E-state index contributed by atoms with van der Waals surface area (Å²) in [6.07, 6.45) is 7.17. The quantitative estimate of drug-likeness (QED) is 0.633. The summed E-state index contributed by atoms with van der Waals surface area (Å²) in [6.45, 7) is 3.69. The zero-order chi connectivity index (χ0) is 27.0. The van der Waals surface area contributed by atoms with Crippen LogP contribution in [0, 0.1) is 34.5 Å². The maximum Gasteiger partial charge on any atom is 0.348 e. The lowest BCUT2D eigenvalue weighted by molar-refractivity contribution is -0.233. The van der Waals surface area contributed by atoms with E-state index in [-0.39, 0.29) is 42.0 Å². The number of hydrogen-bond donors (Lipinski definition) is 2. The first kappa shape index (κ1) is 25.5. The van der Waals surface area contributed by atoms with E-state index in [9.17, 15) is 24.6 Å². The van der Waals surface area contributed by atoms with Crippen LogP contribution < -0.4 is 4.90 Å². The Kier molecular flexibility index (Phi) is 5.76. The molecule has 38 heavy (non-hydrogen) atoms. The van der Waals surface area contributed by atoms with Crippen molar-refractivity contribution in [1.29, 1.82) is 0 Å². The summed E-state index contributed by atoms with van der Waals surface area (Å²) in [5.74, 6) is -0.604. The molecule has 1 aromatic rings. The molecular weight excluding hydrogens is 484 g/mol. The number of nitrogens with zero attached hydrogens (tertiary/aromatic N) is 2. The van der Waals surface area contributed by atoms with E-state index in [4.69, 9.17) is 4.84 Å². The number of carbonyl (C=O) groups is 3. The van der Waals surface area contributed by atoms with Gasteiger partial charge < -0.3 is 10.2 Å². The molecule has 3 saturated carbocycles. The number of anilines is 1. The summed E-state index contributed by atoms with van der Waals surface area (Å²) in [5, 5.41) is 23.1. The first-order chi connectivity index (χ1) is 18.1. The van der Waals surface area contributed by atoms with Crippen molar-refractivity contribution in [3.05, 3.63) is 54.1 Å². The zero-order valence-corrected chi connectivity index (χ0v) is 22.2. The third kappa shape index (κ3) is 3.23. The Morgan fingerprint density at radius 1 is 1.21 bits per heavy atom. The Bertz CT molecular complexity index is 1240. The van der Waals surface area contributed by atoms with Crippen molar-refractivity contribution in [2.24, 2.45) is 34.5 Å². The van der Waals surface area contributed by atoms with Gasteiger partial charge in [-0.15, -0.1) is 0 Å². The van der Waals surface area contributed by atoms with Gasteiger partial charge in [-0.25, -0.2) is 9.86 Å². The lowest BCUT2D eigenvalue weighted by Gasteiger charge is -2.59. The summed E-state index contributed by atoms with van der Waals surface area (Å²) in [7, 11) is 1.67. The molecule has 6 rings (SSSR count). The monoisotopic (exact) mass is 520 g/mol. The van der Waals surface area contributed by atoms with Gasteiger partial charge in [0, 0.05) is 35.4 Å². The number of Topliss-reactive ketones (excluding diaryl/α,β-unsaturated/α-hetero) is 1. The number of aliphatic hydroxyl groups is 2. The number of urea groups is 1. The van der Waals surface area contributed by atoms with E-state index in [1.54, 1.807) is 19.2 Å². The van der Waals surface area contributed by atoms with Crippen molar-refractivity contribution in [3.63, 3.8) is 0 Å². The molecule has 5 aliphatic rings. The minimum Gasteiger partial charge on any atom is -0.393 e. The summed E-state index contributed by atoms with van der Waals surface area (Å²) in [5.41, 5.74) is -0.778. The fourth-order valence-electron chi connectivity index (χ4n) is 9.03. The molecule has 202 valence electrons. The number of para-hydroxylation sites is 1. The van der Waals surface area contributed by atoms with Crippen LogP contribution in [0.3, 0.4) is 0 Å². The Morgan fingerprint density at radius 2 is 1.95 bits per heavy atom. The van der Waals surface area contributed by atoms with Gasteiger partial charge in [0.2, 0.25) is 0 Å². The van der Waals surface area contributed by atoms with Gasteiger partial charge in [0.25, 0.3) is 0 Å². The third-order valence-electron chi connectivity index (χ3n) is 10.7. The van der Waals surface area contributed by atoms with Crippen LogP contribution in [0.25, 0.3) is 0 Å². The zero-order valence-electron chi connectivity index (χ0n) is 22.2. The molecule has 1 saturated heterocycles. The molecule has 0 bridgehead atoms. The number of amides is 2. The van der Waals surface area contributed by atoms with Crippen LogP contribution in [-0.4, -0.2) is 64.8 Å². The van der Waals surface area contributed by atoms with Crippen LogP contribution in [0.15, 0.2) is 54.1 Å². The van der Waals surface area contributed by atoms with Crippen molar-refractivity contribution in [2.75, 3.05) is 25.1 Å². The molecule has 8 heteroatoms. The highest BCUT2D eigenvalue weighted by Crippen LogP contribution is 2.70. The number of hydroxylamine groups is 2. The van der Waals surface area contributed by atoms with Crippen LogP contribution in [0.5, 0.6) is 0 Å². The molecule has 8 nitrogen and oxygen atoms in total. The van der Waals surface area contributed by atoms with E-state index in [1.807, 2.05) is 43.3 Å². The Balaban J connectivity index is 1.35. The standard InChI is InChI=1S/C30H36N2O6/c1-28-12-11-21(34)13-18(28)9-10-22-23-14-19-16-32(27(37)31(3)20-7-5-4-6-8-20)38-30(19,25(36)17-33)29(23,2)15-24(35)26(22)28/h4-8,11-13,19,22-24,26,33,35H,9-10,14-17H2,1-3H3/t19-,22?,23?,24-,26?,28-,29-,30-/m0/s1. The van der Waals surface area contributed by atoms with E-state index in [0.29, 0.717) is 18.5 Å². The number of rotatable bonds is 3. The van der Waals surface area contributed by atoms with Gasteiger partial charge in [-0.3, -0.25) is 19.3 Å². The van der Waals surface area contributed by atoms with Crippen molar-refractivity contribution in [1.82, 2.24) is 5.06 Å². The number of ketones is 2. The van der Waals surface area contributed by atoms with Crippen LogP contribution in [0.1, 0.15) is 39.5 Å². The van der Waals surface area contributed by atoms with Crippen molar-refractivity contribution >= 4 is 23.3 Å². The summed E-state index contributed by atoms with van der Waals surface area (Å²) < 4.78 is 0. The maximum atomic E-state index is 13.6. The molecule has 1 heterocycles. The SMILES string of the molecule is CN(C(=O)N1C[C@@H]2CC3C4CCC5=CC(=O)C=C[C@]5(C)C4[C@@H](O)C[C@]3(C)[C@]2(C(=O)CO)O1)c1ccccc1. The minimum absolute atomic E-state index is 0.00687. The molecule has 4 aliphatic carbocycles. The summed E-state index contributed by atoms with van der Waals surface area (Å²) in [4.78, 5) is 47.1. The van der Waals surface area contributed by atoms with Crippen LogP contribution >= 0.6 is 0 Å². The average molecular weight is 521 g/mol. The number of carbonyl (C=O) groups excluding carboxylic acids is 3. The van der Waals surface area contributed by atoms with Crippen molar-refractivity contribution in [3.8, 4) is 0 Å². The lowest BCUT2D eigenvalue weighted by atomic mass is 9.46. The number of benzene rings is 1. The number of allylic oxidation sites excluding steroid dienone is 4. The molecule has 4 fully saturated rings. The third-order valence-corrected chi connectivity index (χ3v) is 10.7. The highest BCUT2D eigenvalue weighted by atomic mass is 16.7. The fourth-order valence-corrected chi connectivity index (χ4v) is 9.03. The van der Waals surface area contributed by atoms with Crippen LogP contribution in [0.2, 0.25) is 0 Å². The molecule has 2 amide bonds. The Morgan fingerprint density at radius 3 is 2.66 bits per heavy atom. The van der Waals surface area contributed by atoms with Crippen LogP contribution in [-0.2, 0) is 14.4 Å². The predicted octanol–water partition coefficient (Wildman–Crippen LogP) is 3.30. The van der Waals surface area contributed by atoms with E-state index >= 15 is 0 Å². The molecule has 0 spiro atoms. The Labute approximate surface area is 222 Å². The van der Waals surface area contributed by atoms with E-state index < -0.39 is 34.9 Å². The van der Waals surface area contributed by atoms with E-state index in [0.717, 1.165) is 18.4 Å². The smallest absolute Gasteiger partial charge is 0.348 e. The van der Waals surface area contributed by atoms with Gasteiger partial charge in [-0.2, -0.15) is 0 Å². The second kappa shape index (κ2) is 8.60. The molecule has 0 radical (unpaired) electrons. The minimum atomic E-state index is -1.39. The van der Waals surface area contributed by atoms with Gasteiger partial charge in [-0.05, 0) is 61.8 Å². The number of hydrogen-bond acceptors (Lipinski definition) is 6. The van der Waals surface area contributed by atoms with Gasteiger partial charge in [-0.1, -0.05) is 43.7 Å². The first-order valence-electron chi connectivity index (χ1n) is 13.6. The molecule has 8 atom stereocenters. The van der Waals surface area contributed by atoms with Gasteiger partial charge >= 0.3 is 6.03 Å². The largest absolute Gasteiger partial charge is 0.393 e. The highest BCUT2D eigenvalue weighted by Gasteiger charge is 2.75. The van der Waals surface area contributed by atoms with Gasteiger partial charge in [0.15, 0.2) is 17.2 Å². The molecule has 3 unspecified atom stereocenters. The second-order valence-corrected chi connectivity index (χ2v) is 12.3. The van der Waals surface area contributed by atoms with E-state index in [1.165, 1.54) is 9.96 Å². The Hall–Kier alpha value is -2.81. The first-order valence-corrected chi connectivity index (χ1v) is 13.6. The topological polar surface area (TPSA) is 107 Å². The maximum absolute atomic E-state index is 13.6. The number of fused-ring (bicyclic) bond motifs is 7. The summed E-state index contributed by atoms with van der Waals surface area (Å²) in [6, 6.07) is 8.87. The lowest BCUT2D eigenvalue weighted by Crippen LogP contribution is -2.63. The number of aliphatic hydroxyl groups excluding tert-OH is 2. The van der Waals surface area contributed by atoms with Gasteiger partial charge in [0.1, 0.15) is 6.61 Å². The van der Waals surface area contributed by atoms with Crippen molar-refractivity contribution < 1.29 is 29.4 Å². The average Bonchev–Trinajstić information content (AvgIpc) is 3.41.